The first-order chi connectivity index (χ1) is 14.6. The van der Waals surface area contributed by atoms with Gasteiger partial charge in [0.15, 0.2) is 5.13 Å². The summed E-state index contributed by atoms with van der Waals surface area (Å²) in [4.78, 5) is 28.7. The summed E-state index contributed by atoms with van der Waals surface area (Å²) in [6.07, 6.45) is 0. The van der Waals surface area contributed by atoms with Gasteiger partial charge in [0.1, 0.15) is 5.82 Å². The average molecular weight is 420 g/mol. The molecular formula is C22H17FN4O2S. The number of nitrogens with one attached hydrogen (secondary N) is 3. The van der Waals surface area contributed by atoms with Crippen molar-refractivity contribution >= 4 is 49.9 Å². The number of benzene rings is 3. The van der Waals surface area contributed by atoms with Gasteiger partial charge in [0.2, 0.25) is 5.91 Å². The van der Waals surface area contributed by atoms with Gasteiger partial charge in [-0.05, 0) is 54.6 Å². The second-order valence-corrected chi connectivity index (χ2v) is 7.46. The van der Waals surface area contributed by atoms with Crippen LogP contribution in [0.3, 0.4) is 0 Å². The fourth-order valence-electron chi connectivity index (χ4n) is 2.79. The third kappa shape index (κ3) is 4.79. The summed E-state index contributed by atoms with van der Waals surface area (Å²) in [6.45, 7) is -0.203. The number of nitrogens with zero attached hydrogens (tertiary/aromatic N) is 1. The minimum absolute atomic E-state index is 0.203. The molecule has 1 aromatic heterocycles. The molecule has 0 aliphatic carbocycles. The summed E-state index contributed by atoms with van der Waals surface area (Å²) in [7, 11) is 0. The summed E-state index contributed by atoms with van der Waals surface area (Å²) in [5.74, 6) is -1.25. The minimum atomic E-state index is -0.448. The fourth-order valence-corrected chi connectivity index (χ4v) is 3.68. The van der Waals surface area contributed by atoms with Gasteiger partial charge in [-0.1, -0.05) is 29.5 Å². The van der Waals surface area contributed by atoms with Crippen LogP contribution in [0.25, 0.3) is 10.2 Å². The molecule has 30 heavy (non-hydrogen) atoms. The Labute approximate surface area is 175 Å². The normalized spacial score (nSPS) is 10.6. The van der Waals surface area contributed by atoms with E-state index in [1.165, 1.54) is 24.3 Å². The topological polar surface area (TPSA) is 83.1 Å². The van der Waals surface area contributed by atoms with Crippen LogP contribution >= 0.6 is 11.3 Å². The third-order valence-electron chi connectivity index (χ3n) is 4.21. The van der Waals surface area contributed by atoms with Crippen LogP contribution in [0.1, 0.15) is 10.4 Å². The second kappa shape index (κ2) is 8.71. The molecule has 3 N–H and O–H groups in total. The van der Waals surface area contributed by atoms with Crippen LogP contribution in [0.4, 0.5) is 20.9 Å². The Kier molecular flexibility index (Phi) is 5.67. The molecule has 0 aliphatic rings. The van der Waals surface area contributed by atoms with E-state index in [1.807, 2.05) is 36.4 Å². The van der Waals surface area contributed by atoms with E-state index in [1.54, 1.807) is 23.5 Å². The van der Waals surface area contributed by atoms with Crippen LogP contribution < -0.4 is 16.0 Å². The fraction of sp³-hybridized carbons (Fsp3) is 0.0455. The van der Waals surface area contributed by atoms with E-state index < -0.39 is 11.7 Å². The number of carbonyl (C=O) groups excluding carboxylic acids is 2. The predicted octanol–water partition coefficient (Wildman–Crippen LogP) is 4.55. The van der Waals surface area contributed by atoms with Crippen molar-refractivity contribution in [3.63, 3.8) is 0 Å². The van der Waals surface area contributed by atoms with Crippen molar-refractivity contribution in [3.8, 4) is 0 Å². The smallest absolute Gasteiger partial charge is 0.251 e. The van der Waals surface area contributed by atoms with Crippen molar-refractivity contribution in [2.45, 2.75) is 0 Å². The summed E-state index contributed by atoms with van der Waals surface area (Å²) in [5.41, 5.74) is 2.57. The minimum Gasteiger partial charge on any atom is -0.343 e. The molecule has 0 saturated heterocycles. The number of hydrogen-bond acceptors (Lipinski definition) is 5. The maximum absolute atomic E-state index is 12.9. The van der Waals surface area contributed by atoms with Crippen LogP contribution in [0.5, 0.6) is 0 Å². The highest BCUT2D eigenvalue weighted by Crippen LogP contribution is 2.28. The predicted molar refractivity (Wildman–Crippen MR) is 117 cm³/mol. The molecule has 4 aromatic rings. The SMILES string of the molecule is O=C(CNC(=O)c1ccc(F)cc1)Nc1cccc(Nc2nc3ccccc3s2)c1. The van der Waals surface area contributed by atoms with E-state index in [4.69, 9.17) is 0 Å². The second-order valence-electron chi connectivity index (χ2n) is 6.43. The van der Waals surface area contributed by atoms with Gasteiger partial charge in [-0.3, -0.25) is 9.59 Å². The number of amides is 2. The van der Waals surface area contributed by atoms with Crippen molar-refractivity contribution in [1.29, 1.82) is 0 Å². The number of para-hydroxylation sites is 1. The molecule has 4 rings (SSSR count). The van der Waals surface area contributed by atoms with Crippen LogP contribution in [0.15, 0.2) is 72.8 Å². The van der Waals surface area contributed by atoms with Crippen LogP contribution in [-0.4, -0.2) is 23.3 Å². The van der Waals surface area contributed by atoms with E-state index in [2.05, 4.69) is 20.9 Å². The lowest BCUT2D eigenvalue weighted by Crippen LogP contribution is -2.32. The van der Waals surface area contributed by atoms with Gasteiger partial charge < -0.3 is 16.0 Å². The van der Waals surface area contributed by atoms with Crippen molar-refractivity contribution < 1.29 is 14.0 Å². The van der Waals surface area contributed by atoms with Gasteiger partial charge in [-0.2, -0.15) is 0 Å². The van der Waals surface area contributed by atoms with Gasteiger partial charge in [0.25, 0.3) is 5.91 Å². The lowest BCUT2D eigenvalue weighted by molar-refractivity contribution is -0.115. The summed E-state index contributed by atoms with van der Waals surface area (Å²) in [5, 5.41) is 9.25. The van der Waals surface area contributed by atoms with Crippen molar-refractivity contribution in [1.82, 2.24) is 10.3 Å². The number of rotatable bonds is 6. The maximum atomic E-state index is 12.9. The monoisotopic (exact) mass is 420 g/mol. The number of thiazole rings is 1. The number of halogens is 1. The number of aromatic nitrogens is 1. The zero-order chi connectivity index (χ0) is 20.9. The molecule has 1 heterocycles. The van der Waals surface area contributed by atoms with E-state index in [-0.39, 0.29) is 18.0 Å². The molecule has 2 amide bonds. The Hall–Kier alpha value is -3.78. The molecule has 150 valence electrons. The van der Waals surface area contributed by atoms with E-state index in [0.29, 0.717) is 5.69 Å². The lowest BCUT2D eigenvalue weighted by Gasteiger charge is -2.09. The Morgan fingerprint density at radius 2 is 1.70 bits per heavy atom. The Balaban J connectivity index is 1.34. The Bertz CT molecular complexity index is 1170. The number of hydrogen-bond donors (Lipinski definition) is 3. The molecule has 0 aliphatic heterocycles. The highest BCUT2D eigenvalue weighted by atomic mass is 32.1. The van der Waals surface area contributed by atoms with Gasteiger partial charge in [-0.15, -0.1) is 0 Å². The highest BCUT2D eigenvalue weighted by Gasteiger charge is 2.09. The average Bonchev–Trinajstić information content (AvgIpc) is 3.15. The first kappa shape index (κ1) is 19.5. The molecule has 0 fully saturated rings. The maximum Gasteiger partial charge on any atom is 0.251 e. The third-order valence-corrected chi connectivity index (χ3v) is 5.16. The number of carbonyl (C=O) groups is 2. The Morgan fingerprint density at radius 1 is 0.933 bits per heavy atom. The lowest BCUT2D eigenvalue weighted by atomic mass is 10.2. The highest BCUT2D eigenvalue weighted by molar-refractivity contribution is 7.22. The molecule has 0 radical (unpaired) electrons. The zero-order valence-corrected chi connectivity index (χ0v) is 16.5. The van der Waals surface area contributed by atoms with E-state index in [0.717, 1.165) is 21.0 Å². The van der Waals surface area contributed by atoms with Gasteiger partial charge >= 0.3 is 0 Å². The molecule has 0 saturated carbocycles. The molecule has 8 heteroatoms. The van der Waals surface area contributed by atoms with Gasteiger partial charge in [0, 0.05) is 16.9 Å². The van der Waals surface area contributed by atoms with Crippen molar-refractivity contribution in [2.24, 2.45) is 0 Å². The largest absolute Gasteiger partial charge is 0.343 e. The first-order valence-corrected chi connectivity index (χ1v) is 9.95. The van der Waals surface area contributed by atoms with Gasteiger partial charge in [0.05, 0.1) is 16.8 Å². The van der Waals surface area contributed by atoms with Crippen LogP contribution in [0.2, 0.25) is 0 Å². The molecule has 0 spiro atoms. The summed E-state index contributed by atoms with van der Waals surface area (Å²) < 4.78 is 14.0. The van der Waals surface area contributed by atoms with E-state index in [9.17, 15) is 14.0 Å². The number of anilines is 3. The standard InChI is InChI=1S/C22H17FN4O2S/c23-15-10-8-14(9-11-15)21(29)24-13-20(28)25-16-4-3-5-17(12-16)26-22-27-18-6-1-2-7-19(18)30-22/h1-12H,13H2,(H,24,29)(H,25,28)(H,26,27). The van der Waals surface area contributed by atoms with E-state index >= 15 is 0 Å². The zero-order valence-electron chi connectivity index (χ0n) is 15.7. The number of fused-ring (bicyclic) bond motifs is 1. The molecule has 6 nitrogen and oxygen atoms in total. The quantitative estimate of drug-likeness (QED) is 0.427. The summed E-state index contributed by atoms with van der Waals surface area (Å²) in [6, 6.07) is 20.2. The first-order valence-electron chi connectivity index (χ1n) is 9.13. The molecule has 0 atom stereocenters. The molecule has 3 aromatic carbocycles. The van der Waals surface area contributed by atoms with Crippen LogP contribution in [-0.2, 0) is 4.79 Å². The molecule has 0 bridgehead atoms. The van der Waals surface area contributed by atoms with Crippen molar-refractivity contribution in [3.05, 3.63) is 84.2 Å². The van der Waals surface area contributed by atoms with Crippen molar-refractivity contribution in [2.75, 3.05) is 17.2 Å². The summed E-state index contributed by atoms with van der Waals surface area (Å²) >= 11 is 1.54. The molecule has 0 unspecified atom stereocenters. The molecular weight excluding hydrogens is 403 g/mol. The van der Waals surface area contributed by atoms with Crippen LogP contribution in [0, 0.1) is 5.82 Å². The van der Waals surface area contributed by atoms with Gasteiger partial charge in [-0.25, -0.2) is 9.37 Å². The Morgan fingerprint density at radius 3 is 2.50 bits per heavy atom.